The molecule has 4 heterocycles. The van der Waals surface area contributed by atoms with E-state index in [1.165, 1.54) is 0 Å². The minimum atomic E-state index is -0.834. The normalized spacial score (nSPS) is 28.6. The summed E-state index contributed by atoms with van der Waals surface area (Å²) < 4.78 is 13.1. The minimum Gasteiger partial charge on any atom is -0.487 e. The highest BCUT2D eigenvalue weighted by molar-refractivity contribution is 5.77. The van der Waals surface area contributed by atoms with Crippen LogP contribution in [0.5, 0.6) is 5.75 Å². The van der Waals surface area contributed by atoms with Crippen LogP contribution in [0.15, 0.2) is 48.8 Å². The Labute approximate surface area is 218 Å². The molecule has 0 saturated carbocycles. The molecule has 0 unspecified atom stereocenters. The molecule has 3 aliphatic heterocycles. The SMILES string of the molecule is CN(CCC(=O)N1CCC[C@]12CO[C@H]1c3ccccc3O[C@@](C)(CCC(=O)O)[C@@H]1C2)Cc1cccnc1. The van der Waals surface area contributed by atoms with E-state index in [0.29, 0.717) is 26.0 Å². The number of carbonyl (C=O) groups is 2. The summed E-state index contributed by atoms with van der Waals surface area (Å²) in [7, 11) is 2.03. The van der Waals surface area contributed by atoms with Crippen molar-refractivity contribution in [3.63, 3.8) is 0 Å². The molecule has 2 aromatic rings. The van der Waals surface area contributed by atoms with E-state index >= 15 is 0 Å². The monoisotopic (exact) mass is 507 g/mol. The maximum Gasteiger partial charge on any atom is 0.303 e. The lowest BCUT2D eigenvalue weighted by molar-refractivity contribution is -0.180. The second kappa shape index (κ2) is 10.4. The molecule has 1 N–H and O–H groups in total. The van der Waals surface area contributed by atoms with Gasteiger partial charge in [0.2, 0.25) is 5.91 Å². The van der Waals surface area contributed by atoms with E-state index in [1.54, 1.807) is 6.20 Å². The standard InChI is InChI=1S/C29H37N3O5/c1-28(13-10-26(34)35)23-17-29(20-36-27(23)22-8-3-4-9-24(22)37-28)12-6-15-32(29)25(33)11-16-31(2)19-21-7-5-14-30-18-21/h3-5,7-9,14,18,23,27H,6,10-13,15-17,19-20H2,1-2H3,(H,34,35)/t23-,27+,28+,29+/m1/s1. The molecular formula is C29H37N3O5. The molecule has 2 fully saturated rings. The van der Waals surface area contributed by atoms with Crippen LogP contribution in [0, 0.1) is 5.92 Å². The summed E-state index contributed by atoms with van der Waals surface area (Å²) in [5.41, 5.74) is 1.08. The van der Waals surface area contributed by atoms with Gasteiger partial charge in [0.05, 0.1) is 18.2 Å². The first-order valence-electron chi connectivity index (χ1n) is 13.3. The summed E-state index contributed by atoms with van der Waals surface area (Å²) in [5.74, 6) is 0.0439. The van der Waals surface area contributed by atoms with Gasteiger partial charge in [-0.15, -0.1) is 0 Å². The van der Waals surface area contributed by atoms with Crippen LogP contribution in [0.3, 0.4) is 0 Å². The molecule has 0 aliphatic carbocycles. The number of carbonyl (C=O) groups excluding carboxylic acids is 1. The molecular weight excluding hydrogens is 470 g/mol. The second-order valence-corrected chi connectivity index (χ2v) is 11.1. The minimum absolute atomic E-state index is 0.0286. The van der Waals surface area contributed by atoms with Gasteiger partial charge < -0.3 is 24.4 Å². The van der Waals surface area contributed by atoms with E-state index in [0.717, 1.165) is 49.2 Å². The molecule has 8 heteroatoms. The van der Waals surface area contributed by atoms with Crippen molar-refractivity contribution >= 4 is 11.9 Å². The quantitative estimate of drug-likeness (QED) is 0.576. The van der Waals surface area contributed by atoms with E-state index < -0.39 is 11.6 Å². The zero-order valence-corrected chi connectivity index (χ0v) is 21.8. The zero-order chi connectivity index (χ0) is 26.0. The van der Waals surface area contributed by atoms with Crippen molar-refractivity contribution in [2.75, 3.05) is 26.7 Å². The number of fused-ring (bicyclic) bond motifs is 3. The van der Waals surface area contributed by atoms with E-state index in [9.17, 15) is 14.7 Å². The highest BCUT2D eigenvalue weighted by Crippen LogP contribution is 2.55. The molecule has 2 saturated heterocycles. The number of rotatable bonds is 8. The maximum atomic E-state index is 13.5. The number of nitrogens with zero attached hydrogens (tertiary/aromatic N) is 3. The van der Waals surface area contributed by atoms with Gasteiger partial charge in [0.25, 0.3) is 0 Å². The Bertz CT molecular complexity index is 1130. The highest BCUT2D eigenvalue weighted by Gasteiger charge is 2.57. The van der Waals surface area contributed by atoms with Gasteiger partial charge >= 0.3 is 5.97 Å². The van der Waals surface area contributed by atoms with Gasteiger partial charge in [-0.2, -0.15) is 0 Å². The van der Waals surface area contributed by atoms with Crippen molar-refractivity contribution in [2.45, 2.75) is 69.2 Å². The summed E-state index contributed by atoms with van der Waals surface area (Å²) in [4.78, 5) is 33.4. The molecule has 1 spiro atoms. The predicted molar refractivity (Wildman–Crippen MR) is 138 cm³/mol. The van der Waals surface area contributed by atoms with Crippen LogP contribution in [-0.4, -0.2) is 69.7 Å². The fourth-order valence-electron chi connectivity index (χ4n) is 6.50. The number of para-hydroxylation sites is 1. The molecule has 4 atom stereocenters. The van der Waals surface area contributed by atoms with Crippen molar-refractivity contribution in [3.8, 4) is 5.75 Å². The molecule has 0 bridgehead atoms. The fraction of sp³-hybridized carbons (Fsp3) is 0.552. The summed E-state index contributed by atoms with van der Waals surface area (Å²) in [6, 6.07) is 11.9. The first-order chi connectivity index (χ1) is 17.8. The Kier molecular flexibility index (Phi) is 7.23. The van der Waals surface area contributed by atoms with Crippen molar-refractivity contribution in [1.29, 1.82) is 0 Å². The largest absolute Gasteiger partial charge is 0.487 e. The molecule has 1 aromatic heterocycles. The van der Waals surface area contributed by atoms with Gasteiger partial charge in [0, 0.05) is 56.4 Å². The van der Waals surface area contributed by atoms with Crippen LogP contribution in [0.1, 0.15) is 62.7 Å². The number of carboxylic acid groups (broad SMARTS) is 1. The van der Waals surface area contributed by atoms with E-state index in [1.807, 2.05) is 56.6 Å². The van der Waals surface area contributed by atoms with E-state index in [2.05, 4.69) is 14.8 Å². The topological polar surface area (TPSA) is 92.2 Å². The summed E-state index contributed by atoms with van der Waals surface area (Å²) in [6.45, 7) is 4.65. The molecule has 0 radical (unpaired) electrons. The number of ether oxygens (including phenoxy) is 2. The molecule has 1 aromatic carbocycles. The van der Waals surface area contributed by atoms with Crippen LogP contribution in [-0.2, 0) is 20.9 Å². The Balaban J connectivity index is 1.31. The average Bonchev–Trinajstić information content (AvgIpc) is 3.29. The maximum absolute atomic E-state index is 13.5. The van der Waals surface area contributed by atoms with E-state index in [-0.39, 0.29) is 29.9 Å². The number of amides is 1. The Hall–Kier alpha value is -2.97. The van der Waals surface area contributed by atoms with Crippen molar-refractivity contribution < 1.29 is 24.2 Å². The van der Waals surface area contributed by atoms with Crippen molar-refractivity contribution in [3.05, 3.63) is 59.9 Å². The Morgan fingerprint density at radius 3 is 2.84 bits per heavy atom. The average molecular weight is 508 g/mol. The van der Waals surface area contributed by atoms with Crippen molar-refractivity contribution in [2.24, 2.45) is 5.92 Å². The fourth-order valence-corrected chi connectivity index (χ4v) is 6.50. The lowest BCUT2D eigenvalue weighted by atomic mass is 9.68. The first kappa shape index (κ1) is 25.7. The number of hydrogen-bond donors (Lipinski definition) is 1. The number of carboxylic acids is 1. The Morgan fingerprint density at radius 1 is 1.22 bits per heavy atom. The van der Waals surface area contributed by atoms with Gasteiger partial charge in [-0.05, 0) is 57.4 Å². The lowest BCUT2D eigenvalue weighted by Gasteiger charge is -2.54. The molecule has 1 amide bonds. The number of benzene rings is 1. The van der Waals surface area contributed by atoms with Crippen LogP contribution in [0.25, 0.3) is 0 Å². The van der Waals surface area contributed by atoms with Gasteiger partial charge in [-0.25, -0.2) is 0 Å². The van der Waals surface area contributed by atoms with Crippen LogP contribution < -0.4 is 4.74 Å². The van der Waals surface area contributed by atoms with Crippen LogP contribution >= 0.6 is 0 Å². The van der Waals surface area contributed by atoms with Crippen LogP contribution in [0.2, 0.25) is 0 Å². The number of aliphatic carboxylic acids is 1. The summed E-state index contributed by atoms with van der Waals surface area (Å²) in [6.07, 6.45) is 6.91. The molecule has 8 nitrogen and oxygen atoms in total. The van der Waals surface area contributed by atoms with Gasteiger partial charge in [-0.1, -0.05) is 24.3 Å². The zero-order valence-electron chi connectivity index (χ0n) is 21.8. The van der Waals surface area contributed by atoms with Gasteiger partial charge in [0.1, 0.15) is 11.4 Å². The number of likely N-dealkylation sites (tertiary alicyclic amines) is 1. The van der Waals surface area contributed by atoms with E-state index in [4.69, 9.17) is 9.47 Å². The molecule has 37 heavy (non-hydrogen) atoms. The number of hydrogen-bond acceptors (Lipinski definition) is 6. The molecule has 198 valence electrons. The predicted octanol–water partition coefficient (Wildman–Crippen LogP) is 4.06. The van der Waals surface area contributed by atoms with Crippen LogP contribution in [0.4, 0.5) is 0 Å². The number of pyridine rings is 1. The summed E-state index contributed by atoms with van der Waals surface area (Å²) >= 11 is 0. The lowest BCUT2D eigenvalue weighted by Crippen LogP contribution is -2.60. The van der Waals surface area contributed by atoms with Gasteiger partial charge in [-0.3, -0.25) is 14.6 Å². The Morgan fingerprint density at radius 2 is 2.05 bits per heavy atom. The molecule has 5 rings (SSSR count). The first-order valence-corrected chi connectivity index (χ1v) is 13.3. The second-order valence-electron chi connectivity index (χ2n) is 11.1. The number of aromatic nitrogens is 1. The van der Waals surface area contributed by atoms with Crippen molar-refractivity contribution in [1.82, 2.24) is 14.8 Å². The van der Waals surface area contributed by atoms with Gasteiger partial charge in [0.15, 0.2) is 0 Å². The third-order valence-corrected chi connectivity index (χ3v) is 8.47. The summed E-state index contributed by atoms with van der Waals surface area (Å²) in [5, 5.41) is 9.42. The third-order valence-electron chi connectivity index (χ3n) is 8.47. The third kappa shape index (κ3) is 5.22. The highest BCUT2D eigenvalue weighted by atomic mass is 16.5. The smallest absolute Gasteiger partial charge is 0.303 e. The molecule has 3 aliphatic rings.